The summed E-state index contributed by atoms with van der Waals surface area (Å²) in [6.45, 7) is 0.792. The first-order valence-corrected chi connectivity index (χ1v) is 6.70. The van der Waals surface area contributed by atoms with E-state index in [-0.39, 0.29) is 0 Å². The Labute approximate surface area is 121 Å². The summed E-state index contributed by atoms with van der Waals surface area (Å²) >= 11 is 0. The fraction of sp³-hybridized carbons (Fsp3) is 0.312. The van der Waals surface area contributed by atoms with Crippen LogP contribution in [0.5, 0.6) is 0 Å². The molecule has 0 aliphatic carbocycles. The molecule has 0 atom stereocenters. The number of nitrogens with one attached hydrogen (secondary N) is 1. The zero-order chi connectivity index (χ0) is 14.5. The van der Waals surface area contributed by atoms with Crippen LogP contribution >= 0.6 is 0 Å². The number of benzene rings is 1. The van der Waals surface area contributed by atoms with Crippen LogP contribution in [-0.2, 0) is 6.54 Å². The summed E-state index contributed by atoms with van der Waals surface area (Å²) in [5.74, 6) is 0.956. The number of rotatable bonds is 5. The van der Waals surface area contributed by atoms with Gasteiger partial charge in [0.15, 0.2) is 5.82 Å². The summed E-state index contributed by atoms with van der Waals surface area (Å²) in [6.07, 6.45) is 1.81. The second-order valence-corrected chi connectivity index (χ2v) is 5.18. The van der Waals surface area contributed by atoms with Crippen molar-refractivity contribution in [1.82, 2.24) is 4.98 Å². The number of aromatic nitrogens is 1. The summed E-state index contributed by atoms with van der Waals surface area (Å²) in [5, 5.41) is 3.44. The normalized spacial score (nSPS) is 10.2. The van der Waals surface area contributed by atoms with Crippen LogP contribution in [0.4, 0.5) is 17.2 Å². The largest absolute Gasteiger partial charge is 0.378 e. The molecule has 106 valence electrons. The van der Waals surface area contributed by atoms with Crippen LogP contribution in [0.1, 0.15) is 5.56 Å². The summed E-state index contributed by atoms with van der Waals surface area (Å²) in [7, 11) is 8.09. The molecule has 2 rings (SSSR count). The van der Waals surface area contributed by atoms with Crippen LogP contribution in [0.2, 0.25) is 0 Å². The molecule has 0 saturated heterocycles. The summed E-state index contributed by atoms with van der Waals surface area (Å²) in [4.78, 5) is 8.50. The van der Waals surface area contributed by atoms with E-state index in [0.717, 1.165) is 18.1 Å². The minimum atomic E-state index is 0.792. The number of nitrogens with zero attached hydrogens (tertiary/aromatic N) is 3. The molecule has 0 amide bonds. The molecule has 1 heterocycles. The van der Waals surface area contributed by atoms with E-state index >= 15 is 0 Å². The van der Waals surface area contributed by atoms with Crippen LogP contribution in [0.15, 0.2) is 42.6 Å². The zero-order valence-corrected chi connectivity index (χ0v) is 12.6. The lowest BCUT2D eigenvalue weighted by atomic mass is 10.2. The highest BCUT2D eigenvalue weighted by molar-refractivity contribution is 5.64. The number of hydrogen-bond acceptors (Lipinski definition) is 4. The molecule has 1 N–H and O–H groups in total. The first-order chi connectivity index (χ1) is 9.58. The van der Waals surface area contributed by atoms with Gasteiger partial charge in [-0.25, -0.2) is 4.98 Å². The van der Waals surface area contributed by atoms with E-state index in [1.165, 1.54) is 11.3 Å². The summed E-state index contributed by atoms with van der Waals surface area (Å²) < 4.78 is 0. The topological polar surface area (TPSA) is 31.4 Å². The molecule has 0 radical (unpaired) electrons. The second-order valence-electron chi connectivity index (χ2n) is 5.18. The van der Waals surface area contributed by atoms with E-state index in [2.05, 4.69) is 45.5 Å². The monoisotopic (exact) mass is 270 g/mol. The van der Waals surface area contributed by atoms with Gasteiger partial charge in [-0.15, -0.1) is 0 Å². The van der Waals surface area contributed by atoms with Gasteiger partial charge in [0.25, 0.3) is 0 Å². The van der Waals surface area contributed by atoms with E-state index in [9.17, 15) is 0 Å². The Morgan fingerprint density at radius 2 is 1.65 bits per heavy atom. The standard InChI is InChI=1S/C16H22N4/c1-19(2)14-9-7-13(8-10-14)12-18-15-6-5-11-17-16(15)20(3)4/h5-11,18H,12H2,1-4H3. The maximum atomic E-state index is 4.38. The maximum absolute atomic E-state index is 4.38. The average molecular weight is 270 g/mol. The Morgan fingerprint density at radius 1 is 0.950 bits per heavy atom. The molecule has 4 heteroatoms. The van der Waals surface area contributed by atoms with Crippen LogP contribution in [-0.4, -0.2) is 33.2 Å². The number of pyridine rings is 1. The van der Waals surface area contributed by atoms with E-state index in [1.807, 2.05) is 45.4 Å². The van der Waals surface area contributed by atoms with Gasteiger partial charge in [0.05, 0.1) is 5.69 Å². The molecule has 1 aromatic carbocycles. The van der Waals surface area contributed by atoms with Crippen molar-refractivity contribution in [3.8, 4) is 0 Å². The zero-order valence-electron chi connectivity index (χ0n) is 12.6. The number of anilines is 3. The lowest BCUT2D eigenvalue weighted by Crippen LogP contribution is -2.13. The van der Waals surface area contributed by atoms with Crippen LogP contribution in [0, 0.1) is 0 Å². The van der Waals surface area contributed by atoms with Gasteiger partial charge in [-0.05, 0) is 29.8 Å². The number of hydrogen-bond donors (Lipinski definition) is 1. The van der Waals surface area contributed by atoms with Gasteiger partial charge in [-0.2, -0.15) is 0 Å². The van der Waals surface area contributed by atoms with Gasteiger partial charge in [0.1, 0.15) is 0 Å². The van der Waals surface area contributed by atoms with Crippen LogP contribution < -0.4 is 15.1 Å². The maximum Gasteiger partial charge on any atom is 0.151 e. The lowest BCUT2D eigenvalue weighted by molar-refractivity contribution is 1.05. The molecule has 0 saturated carbocycles. The van der Waals surface area contributed by atoms with E-state index < -0.39 is 0 Å². The third-order valence-corrected chi connectivity index (χ3v) is 3.15. The van der Waals surface area contributed by atoms with Crippen molar-refractivity contribution in [2.45, 2.75) is 6.54 Å². The van der Waals surface area contributed by atoms with Crippen LogP contribution in [0.25, 0.3) is 0 Å². The first kappa shape index (κ1) is 14.2. The fourth-order valence-corrected chi connectivity index (χ4v) is 2.00. The smallest absolute Gasteiger partial charge is 0.151 e. The minimum absolute atomic E-state index is 0.792. The highest BCUT2D eigenvalue weighted by Crippen LogP contribution is 2.21. The predicted molar refractivity (Wildman–Crippen MR) is 86.7 cm³/mol. The van der Waals surface area contributed by atoms with Crippen molar-refractivity contribution in [3.05, 3.63) is 48.2 Å². The Morgan fingerprint density at radius 3 is 2.25 bits per heavy atom. The Balaban J connectivity index is 2.05. The van der Waals surface area contributed by atoms with Crippen molar-refractivity contribution < 1.29 is 0 Å². The molecule has 0 fully saturated rings. The van der Waals surface area contributed by atoms with Crippen molar-refractivity contribution in [2.24, 2.45) is 0 Å². The summed E-state index contributed by atoms with van der Waals surface area (Å²) in [6, 6.07) is 12.6. The molecular formula is C16H22N4. The van der Waals surface area contributed by atoms with Crippen molar-refractivity contribution in [3.63, 3.8) is 0 Å². The molecule has 0 aliphatic heterocycles. The molecule has 1 aromatic heterocycles. The van der Waals surface area contributed by atoms with Gasteiger partial charge in [-0.3, -0.25) is 0 Å². The van der Waals surface area contributed by atoms with Crippen molar-refractivity contribution in [1.29, 1.82) is 0 Å². The minimum Gasteiger partial charge on any atom is -0.378 e. The average Bonchev–Trinajstić information content (AvgIpc) is 2.45. The van der Waals surface area contributed by atoms with E-state index in [4.69, 9.17) is 0 Å². The van der Waals surface area contributed by atoms with Crippen molar-refractivity contribution in [2.75, 3.05) is 43.3 Å². The van der Waals surface area contributed by atoms with Gasteiger partial charge >= 0.3 is 0 Å². The molecule has 0 spiro atoms. The Kier molecular flexibility index (Phi) is 4.45. The third-order valence-electron chi connectivity index (χ3n) is 3.15. The predicted octanol–water partition coefficient (Wildman–Crippen LogP) is 2.83. The van der Waals surface area contributed by atoms with Gasteiger partial charge in [0, 0.05) is 46.6 Å². The van der Waals surface area contributed by atoms with Gasteiger partial charge in [-0.1, -0.05) is 12.1 Å². The molecule has 0 aliphatic rings. The van der Waals surface area contributed by atoms with Crippen molar-refractivity contribution >= 4 is 17.2 Å². The van der Waals surface area contributed by atoms with Gasteiger partial charge < -0.3 is 15.1 Å². The molecule has 20 heavy (non-hydrogen) atoms. The molecular weight excluding hydrogens is 248 g/mol. The fourth-order valence-electron chi connectivity index (χ4n) is 2.00. The molecule has 4 nitrogen and oxygen atoms in total. The highest BCUT2D eigenvalue weighted by atomic mass is 15.2. The Hall–Kier alpha value is -2.23. The molecule has 0 bridgehead atoms. The summed E-state index contributed by atoms with van der Waals surface area (Å²) in [5.41, 5.74) is 3.52. The van der Waals surface area contributed by atoms with Crippen LogP contribution in [0.3, 0.4) is 0 Å². The first-order valence-electron chi connectivity index (χ1n) is 6.70. The quantitative estimate of drug-likeness (QED) is 0.905. The lowest BCUT2D eigenvalue weighted by Gasteiger charge is -2.17. The highest BCUT2D eigenvalue weighted by Gasteiger charge is 2.04. The SMILES string of the molecule is CN(C)c1ccc(CNc2cccnc2N(C)C)cc1. The molecule has 2 aromatic rings. The van der Waals surface area contributed by atoms with E-state index in [1.54, 1.807) is 0 Å². The Bertz CT molecular complexity index is 547. The third kappa shape index (κ3) is 3.41. The van der Waals surface area contributed by atoms with E-state index in [0.29, 0.717) is 0 Å². The second kappa shape index (κ2) is 6.28. The molecule has 0 unspecified atom stereocenters. The van der Waals surface area contributed by atoms with Gasteiger partial charge in [0.2, 0.25) is 0 Å².